The van der Waals surface area contributed by atoms with Gasteiger partial charge in [-0.3, -0.25) is 4.79 Å². The Labute approximate surface area is 106 Å². The molecule has 0 spiro atoms. The second kappa shape index (κ2) is 5.25. The van der Waals surface area contributed by atoms with Crippen molar-refractivity contribution in [2.24, 2.45) is 0 Å². The van der Waals surface area contributed by atoms with Gasteiger partial charge in [-0.25, -0.2) is 0 Å². The molecule has 0 bridgehead atoms. The number of hydrogen-bond donors (Lipinski definition) is 0. The molecule has 2 aromatic rings. The molecule has 2 heteroatoms. The first-order valence-electron chi connectivity index (χ1n) is 5.06. The van der Waals surface area contributed by atoms with Crippen molar-refractivity contribution in [1.29, 1.82) is 0 Å². The van der Waals surface area contributed by atoms with Crippen molar-refractivity contribution in [3.05, 3.63) is 67.3 Å². The number of benzene rings is 2. The lowest BCUT2D eigenvalue weighted by Crippen LogP contribution is -3.61. The predicted octanol–water partition coefficient (Wildman–Crippen LogP) is 0.0176. The van der Waals surface area contributed by atoms with Gasteiger partial charge in [-0.05, 0) is 43.3 Å². The van der Waals surface area contributed by atoms with Crippen molar-refractivity contribution in [2.45, 2.75) is 6.92 Å². The lowest BCUT2D eigenvalue weighted by molar-refractivity contribution is -0.597. The van der Waals surface area contributed by atoms with E-state index in [1.807, 2.05) is 18.2 Å². The highest BCUT2D eigenvalue weighted by Crippen LogP contribution is 1.98. The van der Waals surface area contributed by atoms with Gasteiger partial charge in [0.15, 0.2) is 12.9 Å². The predicted molar refractivity (Wildman–Crippen MR) is 60.3 cm³/mol. The Kier molecular flexibility index (Phi) is 3.72. The second-order valence-electron chi connectivity index (χ2n) is 3.45. The van der Waals surface area contributed by atoms with E-state index in [0.29, 0.717) is 0 Å². The van der Waals surface area contributed by atoms with Gasteiger partial charge in [-0.15, -0.1) is 0 Å². The van der Waals surface area contributed by atoms with E-state index in [1.54, 1.807) is 6.92 Å². The fraction of sp³-hybridized carbons (Fsp3) is 0.0714. The molecule has 0 amide bonds. The molecule has 0 saturated carbocycles. The first kappa shape index (κ1) is 11.3. The molecule has 0 saturated heterocycles. The van der Waals surface area contributed by atoms with E-state index >= 15 is 0 Å². The van der Waals surface area contributed by atoms with Crippen LogP contribution in [0.4, 0.5) is 0 Å². The van der Waals surface area contributed by atoms with E-state index in [1.165, 1.54) is 7.14 Å². The highest BCUT2D eigenvalue weighted by molar-refractivity contribution is 5.93. The molecule has 0 N–H and O–H groups in total. The number of carbonyl (C=O) groups is 1. The summed E-state index contributed by atoms with van der Waals surface area (Å²) in [7, 11) is 0. The average molecular weight is 323 g/mol. The third-order valence-electron chi connectivity index (χ3n) is 2.20. The number of hydrogen-bond acceptors (Lipinski definition) is 1. The Balaban J connectivity index is 2.14. The van der Waals surface area contributed by atoms with Crippen LogP contribution in [0, 0.1) is 7.14 Å². The standard InChI is InChI=1S/C14H12IO/c1-11(16)12-7-9-14(10-8-12)15-13-5-3-2-4-6-13/h2-10H,1H3/q+1. The molecule has 2 aromatic carbocycles. The molecule has 80 valence electrons. The van der Waals surface area contributed by atoms with E-state index in [0.717, 1.165) is 5.56 Å². The van der Waals surface area contributed by atoms with Crippen molar-refractivity contribution >= 4 is 5.78 Å². The summed E-state index contributed by atoms with van der Waals surface area (Å²) in [6.45, 7) is 1.60. The Morgan fingerprint density at radius 3 is 2.00 bits per heavy atom. The molecule has 0 heterocycles. The highest BCUT2D eigenvalue weighted by atomic mass is 127. The van der Waals surface area contributed by atoms with Crippen molar-refractivity contribution in [3.63, 3.8) is 0 Å². The van der Waals surface area contributed by atoms with E-state index in [4.69, 9.17) is 0 Å². The quantitative estimate of drug-likeness (QED) is 0.575. The maximum atomic E-state index is 11.1. The Bertz CT molecular complexity index is 474. The minimum atomic E-state index is -0.115. The summed E-state index contributed by atoms with van der Waals surface area (Å²) in [4.78, 5) is 11.1. The molecule has 0 aliphatic heterocycles. The van der Waals surface area contributed by atoms with Gasteiger partial charge in [0, 0.05) is 5.56 Å². The Morgan fingerprint density at radius 2 is 1.44 bits per heavy atom. The van der Waals surface area contributed by atoms with E-state index in [9.17, 15) is 4.79 Å². The van der Waals surface area contributed by atoms with Crippen LogP contribution in [0.25, 0.3) is 0 Å². The van der Waals surface area contributed by atoms with E-state index < -0.39 is 0 Å². The molecule has 0 atom stereocenters. The van der Waals surface area contributed by atoms with Crippen LogP contribution in [0.1, 0.15) is 17.3 Å². The zero-order valence-electron chi connectivity index (χ0n) is 8.98. The number of Topliss-reactive ketones (excluding diaryl/α,β-unsaturated/α-hetero) is 1. The number of ketones is 1. The Hall–Kier alpha value is -1.16. The molecule has 0 fully saturated rings. The first-order valence-corrected chi connectivity index (χ1v) is 7.22. The van der Waals surface area contributed by atoms with Crippen molar-refractivity contribution in [3.8, 4) is 0 Å². The molecular formula is C14H12IO+. The molecule has 1 nitrogen and oxygen atoms in total. The van der Waals surface area contributed by atoms with Gasteiger partial charge in [-0.1, -0.05) is 18.2 Å². The summed E-state index contributed by atoms with van der Waals surface area (Å²) >= 11 is -0.115. The van der Waals surface area contributed by atoms with Crippen LogP contribution in [0.15, 0.2) is 54.6 Å². The maximum absolute atomic E-state index is 11.1. The minimum Gasteiger partial charge on any atom is -0.295 e. The summed E-state index contributed by atoms with van der Waals surface area (Å²) in [5.74, 6) is 0.129. The monoisotopic (exact) mass is 323 g/mol. The van der Waals surface area contributed by atoms with Crippen molar-refractivity contribution in [2.75, 3.05) is 0 Å². The maximum Gasteiger partial charge on any atom is 0.357 e. The lowest BCUT2D eigenvalue weighted by atomic mass is 10.2. The van der Waals surface area contributed by atoms with Gasteiger partial charge >= 0.3 is 21.2 Å². The van der Waals surface area contributed by atoms with E-state index in [-0.39, 0.29) is 27.0 Å². The fourth-order valence-electron chi connectivity index (χ4n) is 1.35. The van der Waals surface area contributed by atoms with Gasteiger partial charge in [-0.2, -0.15) is 0 Å². The number of rotatable bonds is 3. The summed E-state index contributed by atoms with van der Waals surface area (Å²) in [5, 5.41) is 0. The SMILES string of the molecule is CC(=O)c1ccc([I+]c2ccccc2)cc1. The van der Waals surface area contributed by atoms with Crippen molar-refractivity contribution < 1.29 is 26.0 Å². The zero-order chi connectivity index (χ0) is 11.4. The second-order valence-corrected chi connectivity index (χ2v) is 6.48. The van der Waals surface area contributed by atoms with Crippen molar-refractivity contribution in [1.82, 2.24) is 0 Å². The molecule has 0 aromatic heterocycles. The molecule has 0 radical (unpaired) electrons. The smallest absolute Gasteiger partial charge is 0.295 e. The van der Waals surface area contributed by atoms with Crippen LogP contribution in [0.5, 0.6) is 0 Å². The molecule has 0 aliphatic rings. The third-order valence-corrected chi connectivity index (χ3v) is 4.89. The van der Waals surface area contributed by atoms with Gasteiger partial charge in [0.05, 0.1) is 0 Å². The van der Waals surface area contributed by atoms with Gasteiger partial charge in [0.25, 0.3) is 0 Å². The summed E-state index contributed by atoms with van der Waals surface area (Å²) in [6.07, 6.45) is 0. The topological polar surface area (TPSA) is 17.1 Å². The van der Waals surface area contributed by atoms with Crippen LogP contribution in [0.2, 0.25) is 0 Å². The Morgan fingerprint density at radius 1 is 0.875 bits per heavy atom. The summed E-state index contributed by atoms with van der Waals surface area (Å²) in [6, 6.07) is 18.5. The zero-order valence-corrected chi connectivity index (χ0v) is 11.1. The average Bonchev–Trinajstić information content (AvgIpc) is 2.31. The van der Waals surface area contributed by atoms with E-state index in [2.05, 4.69) is 36.4 Å². The number of carbonyl (C=O) groups excluding carboxylic acids is 1. The van der Waals surface area contributed by atoms with Crippen LogP contribution in [-0.2, 0) is 0 Å². The molecule has 2 rings (SSSR count). The normalized spacial score (nSPS) is 10.1. The first-order chi connectivity index (χ1) is 7.75. The van der Waals surface area contributed by atoms with Crippen LogP contribution in [-0.4, -0.2) is 5.78 Å². The molecule has 16 heavy (non-hydrogen) atoms. The summed E-state index contributed by atoms with van der Waals surface area (Å²) < 4.78 is 2.74. The van der Waals surface area contributed by atoms with Gasteiger partial charge < -0.3 is 0 Å². The molecular weight excluding hydrogens is 311 g/mol. The highest BCUT2D eigenvalue weighted by Gasteiger charge is 2.14. The van der Waals surface area contributed by atoms with Crippen LogP contribution < -0.4 is 21.2 Å². The van der Waals surface area contributed by atoms with Crippen LogP contribution >= 0.6 is 0 Å². The lowest BCUT2D eigenvalue weighted by Gasteiger charge is -1.92. The third kappa shape index (κ3) is 2.92. The minimum absolute atomic E-state index is 0.115. The fourth-order valence-corrected chi connectivity index (χ4v) is 3.56. The van der Waals surface area contributed by atoms with Gasteiger partial charge in [0.1, 0.15) is 0 Å². The number of halogens is 1. The van der Waals surface area contributed by atoms with Gasteiger partial charge in [0.2, 0.25) is 0 Å². The summed E-state index contributed by atoms with van der Waals surface area (Å²) in [5.41, 5.74) is 0.792. The molecule has 0 unspecified atom stereocenters. The molecule has 0 aliphatic carbocycles. The largest absolute Gasteiger partial charge is 0.357 e. The van der Waals surface area contributed by atoms with Crippen LogP contribution in [0.3, 0.4) is 0 Å².